The molecule has 2 aromatic rings. The van der Waals surface area contributed by atoms with Crippen molar-refractivity contribution in [1.29, 1.82) is 0 Å². The molecule has 0 bridgehead atoms. The second kappa shape index (κ2) is 10.3. The number of amides is 1. The molecule has 1 saturated heterocycles. The van der Waals surface area contributed by atoms with Crippen LogP contribution >= 0.6 is 11.6 Å². The first-order valence-electron chi connectivity index (χ1n) is 9.66. The maximum Gasteiger partial charge on any atom is 0.223 e. The summed E-state index contributed by atoms with van der Waals surface area (Å²) in [5, 5.41) is 3.79. The van der Waals surface area contributed by atoms with Crippen LogP contribution in [0.2, 0.25) is 5.02 Å². The van der Waals surface area contributed by atoms with E-state index in [1.807, 2.05) is 42.5 Å². The Kier molecular flexibility index (Phi) is 7.57. The molecule has 0 atom stereocenters. The highest BCUT2D eigenvalue weighted by Crippen LogP contribution is 2.22. The molecule has 0 aliphatic carbocycles. The summed E-state index contributed by atoms with van der Waals surface area (Å²) < 4.78 is 10.8. The zero-order valence-electron chi connectivity index (χ0n) is 16.2. The standard InChI is InChI=1S/C22H27ClN2O3/c1-27-19-6-4-7-20(15-19)28-14-11-24-22(26)17-9-12-25(13-10-17)16-18-5-2-3-8-21(18)23/h2-8,15,17H,9-14,16H2,1H3,(H,24,26). The zero-order chi connectivity index (χ0) is 19.8. The van der Waals surface area contributed by atoms with Crippen LogP contribution in [-0.4, -0.2) is 44.2 Å². The van der Waals surface area contributed by atoms with Crippen LogP contribution < -0.4 is 14.8 Å². The number of piperidine rings is 1. The van der Waals surface area contributed by atoms with Crippen molar-refractivity contribution in [3.8, 4) is 11.5 Å². The minimum Gasteiger partial charge on any atom is -0.497 e. The Bertz CT molecular complexity index is 776. The lowest BCUT2D eigenvalue weighted by Gasteiger charge is -2.31. The number of ether oxygens (including phenoxy) is 2. The highest BCUT2D eigenvalue weighted by atomic mass is 35.5. The minimum atomic E-state index is 0.0688. The molecule has 1 fully saturated rings. The second-order valence-corrected chi connectivity index (χ2v) is 7.37. The summed E-state index contributed by atoms with van der Waals surface area (Å²) in [4.78, 5) is 14.8. The molecular formula is C22H27ClN2O3. The molecule has 0 aromatic heterocycles. The number of nitrogens with one attached hydrogen (secondary N) is 1. The molecule has 3 rings (SSSR count). The van der Waals surface area contributed by atoms with Gasteiger partial charge < -0.3 is 14.8 Å². The number of carbonyl (C=O) groups is 1. The fraction of sp³-hybridized carbons (Fsp3) is 0.409. The molecule has 1 N–H and O–H groups in total. The number of hydrogen-bond acceptors (Lipinski definition) is 4. The monoisotopic (exact) mass is 402 g/mol. The van der Waals surface area contributed by atoms with Gasteiger partial charge in [-0.3, -0.25) is 9.69 Å². The third-order valence-corrected chi connectivity index (χ3v) is 5.39. The number of halogens is 1. The first-order valence-corrected chi connectivity index (χ1v) is 10.0. The lowest BCUT2D eigenvalue weighted by molar-refractivity contribution is -0.126. The number of benzene rings is 2. The molecule has 28 heavy (non-hydrogen) atoms. The summed E-state index contributed by atoms with van der Waals surface area (Å²) in [6.45, 7) is 3.58. The van der Waals surface area contributed by atoms with Gasteiger partial charge in [-0.15, -0.1) is 0 Å². The van der Waals surface area contributed by atoms with Gasteiger partial charge >= 0.3 is 0 Å². The lowest BCUT2D eigenvalue weighted by atomic mass is 9.95. The van der Waals surface area contributed by atoms with E-state index >= 15 is 0 Å². The van der Waals surface area contributed by atoms with E-state index in [4.69, 9.17) is 21.1 Å². The van der Waals surface area contributed by atoms with Crippen molar-refractivity contribution in [3.05, 3.63) is 59.1 Å². The molecule has 5 nitrogen and oxygen atoms in total. The van der Waals surface area contributed by atoms with Crippen LogP contribution in [0.5, 0.6) is 11.5 Å². The first kappa shape index (κ1) is 20.5. The SMILES string of the molecule is COc1cccc(OCCNC(=O)C2CCN(Cc3ccccc3Cl)CC2)c1. The summed E-state index contributed by atoms with van der Waals surface area (Å²) in [5.41, 5.74) is 1.14. The normalized spacial score (nSPS) is 15.2. The summed E-state index contributed by atoms with van der Waals surface area (Å²) >= 11 is 6.25. The average Bonchev–Trinajstić information content (AvgIpc) is 2.73. The maximum atomic E-state index is 12.4. The molecule has 6 heteroatoms. The van der Waals surface area contributed by atoms with Crippen molar-refractivity contribution in [2.75, 3.05) is 33.4 Å². The molecule has 1 aliphatic rings. The van der Waals surface area contributed by atoms with Gasteiger partial charge in [-0.05, 0) is 49.7 Å². The van der Waals surface area contributed by atoms with E-state index in [2.05, 4.69) is 16.3 Å². The molecule has 0 radical (unpaired) electrons. The van der Waals surface area contributed by atoms with Crippen molar-refractivity contribution >= 4 is 17.5 Å². The van der Waals surface area contributed by atoms with Gasteiger partial charge in [-0.1, -0.05) is 35.9 Å². The van der Waals surface area contributed by atoms with Gasteiger partial charge in [0.15, 0.2) is 0 Å². The quantitative estimate of drug-likeness (QED) is 0.683. The topological polar surface area (TPSA) is 50.8 Å². The van der Waals surface area contributed by atoms with Gasteiger partial charge in [0.05, 0.1) is 13.7 Å². The molecule has 1 amide bonds. The van der Waals surface area contributed by atoms with Crippen molar-refractivity contribution in [2.24, 2.45) is 5.92 Å². The van der Waals surface area contributed by atoms with Crippen molar-refractivity contribution < 1.29 is 14.3 Å². The van der Waals surface area contributed by atoms with E-state index in [0.29, 0.717) is 13.2 Å². The predicted molar refractivity (Wildman–Crippen MR) is 111 cm³/mol. The number of rotatable bonds is 8. The second-order valence-electron chi connectivity index (χ2n) is 6.96. The molecule has 150 valence electrons. The van der Waals surface area contributed by atoms with E-state index in [1.54, 1.807) is 7.11 Å². The van der Waals surface area contributed by atoms with E-state index < -0.39 is 0 Å². The predicted octanol–water partition coefficient (Wildman–Crippen LogP) is 3.76. The lowest BCUT2D eigenvalue weighted by Crippen LogP contribution is -2.41. The molecule has 0 saturated carbocycles. The Balaban J connectivity index is 1.35. The highest BCUT2D eigenvalue weighted by Gasteiger charge is 2.24. The summed E-state index contributed by atoms with van der Waals surface area (Å²) in [7, 11) is 1.62. The Morgan fingerprint density at radius 3 is 2.64 bits per heavy atom. The molecule has 2 aromatic carbocycles. The Morgan fingerprint density at radius 1 is 1.14 bits per heavy atom. The van der Waals surface area contributed by atoms with Crippen LogP contribution in [0.3, 0.4) is 0 Å². The number of carbonyl (C=O) groups excluding carboxylic acids is 1. The molecule has 1 heterocycles. The number of likely N-dealkylation sites (tertiary alicyclic amines) is 1. The van der Waals surface area contributed by atoms with Gasteiger partial charge in [-0.25, -0.2) is 0 Å². The van der Waals surface area contributed by atoms with Crippen molar-refractivity contribution in [1.82, 2.24) is 10.2 Å². The number of nitrogens with zero attached hydrogens (tertiary/aromatic N) is 1. The van der Waals surface area contributed by atoms with Gasteiger partial charge in [0, 0.05) is 23.6 Å². The van der Waals surface area contributed by atoms with Crippen LogP contribution in [0.25, 0.3) is 0 Å². The van der Waals surface area contributed by atoms with Crippen molar-refractivity contribution in [3.63, 3.8) is 0 Å². The fourth-order valence-electron chi connectivity index (χ4n) is 3.40. The third-order valence-electron chi connectivity index (χ3n) is 5.02. The van der Waals surface area contributed by atoms with Crippen molar-refractivity contribution in [2.45, 2.75) is 19.4 Å². The van der Waals surface area contributed by atoms with E-state index in [1.165, 1.54) is 0 Å². The highest BCUT2D eigenvalue weighted by molar-refractivity contribution is 6.31. The van der Waals surface area contributed by atoms with Crippen LogP contribution in [0.4, 0.5) is 0 Å². The Hall–Kier alpha value is -2.24. The third kappa shape index (κ3) is 5.88. The number of hydrogen-bond donors (Lipinski definition) is 1. The largest absolute Gasteiger partial charge is 0.497 e. The van der Waals surface area contributed by atoms with Crippen LogP contribution in [0.15, 0.2) is 48.5 Å². The van der Waals surface area contributed by atoms with Gasteiger partial charge in [0.2, 0.25) is 5.91 Å². The molecule has 0 unspecified atom stereocenters. The minimum absolute atomic E-state index is 0.0688. The van der Waals surface area contributed by atoms with Gasteiger partial charge in [0.25, 0.3) is 0 Å². The van der Waals surface area contributed by atoms with Gasteiger partial charge in [-0.2, -0.15) is 0 Å². The maximum absolute atomic E-state index is 12.4. The summed E-state index contributed by atoms with van der Waals surface area (Å²) in [6, 6.07) is 15.4. The first-order chi connectivity index (χ1) is 13.7. The Labute approximate surface area is 171 Å². The molecule has 0 spiro atoms. The summed E-state index contributed by atoms with van der Waals surface area (Å²) in [6.07, 6.45) is 1.74. The van der Waals surface area contributed by atoms with Crippen LogP contribution in [0, 0.1) is 5.92 Å². The molecular weight excluding hydrogens is 376 g/mol. The molecule has 1 aliphatic heterocycles. The average molecular weight is 403 g/mol. The zero-order valence-corrected chi connectivity index (χ0v) is 17.0. The van der Waals surface area contributed by atoms with E-state index in [9.17, 15) is 4.79 Å². The number of methoxy groups -OCH3 is 1. The van der Waals surface area contributed by atoms with Crippen LogP contribution in [0.1, 0.15) is 18.4 Å². The van der Waals surface area contributed by atoms with Gasteiger partial charge in [0.1, 0.15) is 18.1 Å². The Morgan fingerprint density at radius 2 is 1.89 bits per heavy atom. The summed E-state index contributed by atoms with van der Waals surface area (Å²) in [5.74, 6) is 1.68. The van der Waals surface area contributed by atoms with E-state index in [0.717, 1.165) is 54.6 Å². The smallest absolute Gasteiger partial charge is 0.223 e. The van der Waals surface area contributed by atoms with Crippen LogP contribution in [-0.2, 0) is 11.3 Å². The van der Waals surface area contributed by atoms with E-state index in [-0.39, 0.29) is 11.8 Å². The fourth-order valence-corrected chi connectivity index (χ4v) is 3.59.